The van der Waals surface area contributed by atoms with E-state index in [1.165, 1.54) is 103 Å². The molecule has 37 heavy (non-hydrogen) atoms. The van der Waals surface area contributed by atoms with Gasteiger partial charge < -0.3 is 0 Å². The van der Waals surface area contributed by atoms with Crippen LogP contribution in [-0.2, 0) is 19.8 Å². The van der Waals surface area contributed by atoms with Crippen molar-refractivity contribution < 1.29 is 19.8 Å². The van der Waals surface area contributed by atoms with Crippen LogP contribution in [0.15, 0.2) is 0 Å². The van der Waals surface area contributed by atoms with E-state index in [4.69, 9.17) is 0 Å². The van der Waals surface area contributed by atoms with Gasteiger partial charge >= 0.3 is 11.9 Å². The molecule has 0 unspecified atom stereocenters. The van der Waals surface area contributed by atoms with E-state index < -0.39 is 11.9 Å². The molecule has 0 spiro atoms. The van der Waals surface area contributed by atoms with E-state index in [9.17, 15) is 19.8 Å². The van der Waals surface area contributed by atoms with Crippen molar-refractivity contribution in [1.29, 1.82) is 0 Å². The molecule has 0 saturated carbocycles. The number of hydrogen-bond donors (Lipinski definition) is 0. The molecule has 0 aromatic carbocycles. The fourth-order valence-corrected chi connectivity index (χ4v) is 3.16. The average Bonchev–Trinajstić information content (AvgIpc) is 2.87. The van der Waals surface area contributed by atoms with E-state index in [1.54, 1.807) is 0 Å². The molecule has 0 heterocycles. The van der Waals surface area contributed by atoms with Gasteiger partial charge in [0.05, 0.1) is 12.8 Å². The third kappa shape index (κ3) is 72.2. The van der Waals surface area contributed by atoms with Crippen LogP contribution in [0, 0.1) is 13.8 Å². The summed E-state index contributed by atoms with van der Waals surface area (Å²) >= 11 is 0. The Balaban J connectivity index is -0.000000140. The standard InChI is InChI=1S/2C12H23O2.2C4H9.Sn/c2*1-2-3-4-5-6-7-8-9-10-11-12(13)14;2*1-3-4-2;/h2*2-11H2,1H3;2*1,3-4H2,2H3;. The smallest absolute Gasteiger partial charge is 0.247 e. The molecule has 0 rings (SSSR count). The van der Waals surface area contributed by atoms with Gasteiger partial charge in [0, 0.05) is 23.9 Å². The predicted octanol–water partition coefficient (Wildman–Crippen LogP) is 10.6. The molecular formula is C32H64O4Sn. The van der Waals surface area contributed by atoms with Gasteiger partial charge in [0.1, 0.15) is 0 Å². The minimum absolute atomic E-state index is 0. The normalized spacial score (nSPS) is 9.46. The van der Waals surface area contributed by atoms with Gasteiger partial charge in [-0.2, -0.15) is 0 Å². The Kier molecular flexibility index (Phi) is 61.4. The number of carbonyl (C=O) groups is 2. The molecule has 220 valence electrons. The minimum atomic E-state index is -0.909. The molecule has 0 aliphatic carbocycles. The average molecular weight is 632 g/mol. The van der Waals surface area contributed by atoms with Crippen LogP contribution in [0.5, 0.6) is 0 Å². The zero-order valence-electron chi connectivity index (χ0n) is 25.5. The molecule has 5 heteroatoms. The Morgan fingerprint density at radius 3 is 0.757 bits per heavy atom. The Hall–Kier alpha value is -0.261. The van der Waals surface area contributed by atoms with Crippen molar-refractivity contribution in [3.8, 4) is 0 Å². The second-order valence-electron chi connectivity index (χ2n) is 9.61. The molecule has 0 atom stereocenters. The molecule has 4 nitrogen and oxygen atoms in total. The van der Waals surface area contributed by atoms with Gasteiger partial charge in [-0.1, -0.05) is 170 Å². The Morgan fingerprint density at radius 1 is 0.405 bits per heavy atom. The molecule has 0 saturated heterocycles. The molecule has 0 amide bonds. The van der Waals surface area contributed by atoms with Crippen molar-refractivity contribution in [2.75, 3.05) is 0 Å². The van der Waals surface area contributed by atoms with Gasteiger partial charge in [-0.3, -0.25) is 0 Å². The first-order valence-corrected chi connectivity index (χ1v) is 15.4. The summed E-state index contributed by atoms with van der Waals surface area (Å²) in [4.78, 5) is 20.2. The first-order valence-electron chi connectivity index (χ1n) is 15.4. The maximum Gasteiger partial charge on any atom is 0.355 e. The van der Waals surface area contributed by atoms with E-state index in [-0.39, 0.29) is 36.7 Å². The molecule has 8 radical (unpaired) electrons. The van der Waals surface area contributed by atoms with Crippen LogP contribution >= 0.6 is 0 Å². The Labute approximate surface area is 250 Å². The van der Waals surface area contributed by atoms with E-state index in [2.05, 4.69) is 41.5 Å². The number of rotatable bonds is 22. The van der Waals surface area contributed by atoms with Gasteiger partial charge in [0.25, 0.3) is 0 Å². The Morgan fingerprint density at radius 2 is 0.595 bits per heavy atom. The van der Waals surface area contributed by atoms with Gasteiger partial charge in [0.2, 0.25) is 0 Å². The van der Waals surface area contributed by atoms with E-state index >= 15 is 0 Å². The fourth-order valence-electron chi connectivity index (χ4n) is 3.16. The maximum absolute atomic E-state index is 10.1. The second kappa shape index (κ2) is 48.8. The van der Waals surface area contributed by atoms with Gasteiger partial charge in [-0.15, -0.1) is 0 Å². The SMILES string of the molecule is CCCCCCCCCCCC([O])=O.CCCCCCCCCCCC([O])=O.[CH2]CCC.[CH2]CCC.[Sn]. The van der Waals surface area contributed by atoms with Crippen molar-refractivity contribution >= 4 is 35.8 Å². The van der Waals surface area contributed by atoms with Crippen molar-refractivity contribution in [2.24, 2.45) is 0 Å². The summed E-state index contributed by atoms with van der Waals surface area (Å²) in [5.74, 6) is -1.82. The molecule has 0 aromatic rings. The zero-order chi connectivity index (χ0) is 28.1. The summed E-state index contributed by atoms with van der Waals surface area (Å²) in [6, 6.07) is 0. The first kappa shape index (κ1) is 46.6. The summed E-state index contributed by atoms with van der Waals surface area (Å²) in [5, 5.41) is 20.2. The van der Waals surface area contributed by atoms with Crippen molar-refractivity contribution in [2.45, 2.75) is 182 Å². The fraction of sp³-hybridized carbons (Fsp3) is 0.875. The summed E-state index contributed by atoms with van der Waals surface area (Å²) in [6.45, 7) is 15.9. The van der Waals surface area contributed by atoms with Crippen LogP contribution < -0.4 is 0 Å². The number of unbranched alkanes of at least 4 members (excludes halogenated alkanes) is 18. The quantitative estimate of drug-likeness (QED) is 0.0881. The van der Waals surface area contributed by atoms with Crippen LogP contribution in [0.3, 0.4) is 0 Å². The van der Waals surface area contributed by atoms with E-state index in [0.717, 1.165) is 38.5 Å². The largest absolute Gasteiger partial charge is 0.355 e. The minimum Gasteiger partial charge on any atom is -0.247 e. The van der Waals surface area contributed by atoms with E-state index in [1.807, 2.05) is 0 Å². The van der Waals surface area contributed by atoms with Crippen LogP contribution in [0.4, 0.5) is 0 Å². The van der Waals surface area contributed by atoms with Crippen LogP contribution in [0.25, 0.3) is 0 Å². The molecule has 0 N–H and O–H groups in total. The van der Waals surface area contributed by atoms with Crippen molar-refractivity contribution in [3.63, 3.8) is 0 Å². The van der Waals surface area contributed by atoms with Gasteiger partial charge in [-0.25, -0.2) is 19.8 Å². The van der Waals surface area contributed by atoms with Crippen LogP contribution in [-0.4, -0.2) is 35.8 Å². The molecule has 0 aliphatic heterocycles. The maximum atomic E-state index is 10.1. The third-order valence-corrected chi connectivity index (χ3v) is 5.68. The zero-order valence-corrected chi connectivity index (χ0v) is 28.4. The summed E-state index contributed by atoms with van der Waals surface area (Å²) in [7, 11) is 0. The third-order valence-electron chi connectivity index (χ3n) is 5.68. The van der Waals surface area contributed by atoms with E-state index in [0.29, 0.717) is 0 Å². The van der Waals surface area contributed by atoms with Gasteiger partial charge in [-0.05, 0) is 12.8 Å². The molecule has 0 aliphatic rings. The van der Waals surface area contributed by atoms with Crippen LogP contribution in [0.2, 0.25) is 0 Å². The van der Waals surface area contributed by atoms with Crippen LogP contribution in [0.1, 0.15) is 182 Å². The monoisotopic (exact) mass is 632 g/mol. The molecular weight excluding hydrogens is 567 g/mol. The first-order chi connectivity index (χ1) is 17.4. The summed E-state index contributed by atoms with van der Waals surface area (Å²) in [6.07, 6.45) is 26.9. The summed E-state index contributed by atoms with van der Waals surface area (Å²) in [5.41, 5.74) is 0. The molecule has 0 bridgehead atoms. The molecule has 0 aromatic heterocycles. The van der Waals surface area contributed by atoms with Crippen molar-refractivity contribution in [1.82, 2.24) is 0 Å². The summed E-state index contributed by atoms with van der Waals surface area (Å²) < 4.78 is 0. The molecule has 0 fully saturated rings. The number of carbonyl (C=O) groups excluding carboxylic acids is 2. The second-order valence-corrected chi connectivity index (χ2v) is 9.61. The number of hydrogen-bond acceptors (Lipinski definition) is 2. The predicted molar refractivity (Wildman–Crippen MR) is 161 cm³/mol. The van der Waals surface area contributed by atoms with Crippen molar-refractivity contribution in [3.05, 3.63) is 13.8 Å². The topological polar surface area (TPSA) is 73.9 Å². The Bertz CT molecular complexity index is 349. The van der Waals surface area contributed by atoms with Gasteiger partial charge in [0.15, 0.2) is 0 Å².